The van der Waals surface area contributed by atoms with Crippen molar-refractivity contribution in [2.45, 2.75) is 6.54 Å². The zero-order chi connectivity index (χ0) is 15.4. The van der Waals surface area contributed by atoms with E-state index in [9.17, 15) is 4.79 Å². The molecule has 0 radical (unpaired) electrons. The minimum Gasteiger partial charge on any atom is -0.480 e. The molecular formula is C17H14N2O3. The molecule has 1 heterocycles. The van der Waals surface area contributed by atoms with Gasteiger partial charge in [-0.05, 0) is 18.2 Å². The summed E-state index contributed by atoms with van der Waals surface area (Å²) in [5.74, 6) is 0.514. The zero-order valence-corrected chi connectivity index (χ0v) is 11.7. The molecule has 0 spiro atoms. The highest BCUT2D eigenvalue weighted by Gasteiger charge is 2.10. The Bertz CT molecular complexity index is 781. The third-order valence-corrected chi connectivity index (χ3v) is 3.10. The lowest BCUT2D eigenvalue weighted by atomic mass is 10.1. The Morgan fingerprint density at radius 2 is 1.82 bits per heavy atom. The fraction of sp³-hybridized carbons (Fsp3) is 0.0588. The lowest BCUT2D eigenvalue weighted by molar-refractivity contribution is -0.137. The molecule has 1 aromatic heterocycles. The normalized spacial score (nSPS) is 10.4. The van der Waals surface area contributed by atoms with Gasteiger partial charge in [-0.25, -0.2) is 0 Å². The maximum atomic E-state index is 10.7. The van der Waals surface area contributed by atoms with Gasteiger partial charge in [-0.3, -0.25) is 9.48 Å². The fourth-order valence-corrected chi connectivity index (χ4v) is 2.14. The van der Waals surface area contributed by atoms with E-state index in [1.807, 2.05) is 54.6 Å². The molecule has 22 heavy (non-hydrogen) atoms. The van der Waals surface area contributed by atoms with Gasteiger partial charge in [0.15, 0.2) is 0 Å². The maximum absolute atomic E-state index is 10.7. The first kappa shape index (κ1) is 13.9. The average Bonchev–Trinajstić information content (AvgIpc) is 2.96. The summed E-state index contributed by atoms with van der Waals surface area (Å²) >= 11 is 0. The van der Waals surface area contributed by atoms with E-state index in [0.717, 1.165) is 16.9 Å². The molecule has 0 fully saturated rings. The van der Waals surface area contributed by atoms with E-state index in [2.05, 4.69) is 5.10 Å². The number of para-hydroxylation sites is 2. The van der Waals surface area contributed by atoms with Crippen LogP contribution in [0.5, 0.6) is 11.5 Å². The van der Waals surface area contributed by atoms with Crippen molar-refractivity contribution in [3.63, 3.8) is 0 Å². The third-order valence-electron chi connectivity index (χ3n) is 3.10. The van der Waals surface area contributed by atoms with Gasteiger partial charge in [0.25, 0.3) is 0 Å². The van der Waals surface area contributed by atoms with Crippen LogP contribution in [-0.4, -0.2) is 20.9 Å². The fourth-order valence-electron chi connectivity index (χ4n) is 2.14. The van der Waals surface area contributed by atoms with Crippen molar-refractivity contribution in [3.05, 3.63) is 67.0 Å². The Morgan fingerprint density at radius 1 is 1.09 bits per heavy atom. The van der Waals surface area contributed by atoms with Crippen LogP contribution in [0.1, 0.15) is 0 Å². The van der Waals surface area contributed by atoms with Crippen LogP contribution < -0.4 is 4.74 Å². The van der Waals surface area contributed by atoms with Gasteiger partial charge < -0.3 is 9.84 Å². The van der Waals surface area contributed by atoms with E-state index in [0.29, 0.717) is 5.75 Å². The molecule has 2 aromatic carbocycles. The van der Waals surface area contributed by atoms with Crippen LogP contribution in [0.15, 0.2) is 67.0 Å². The molecule has 0 saturated carbocycles. The van der Waals surface area contributed by atoms with Crippen LogP contribution in [0.2, 0.25) is 0 Å². The molecule has 3 rings (SSSR count). The van der Waals surface area contributed by atoms with Crippen molar-refractivity contribution in [3.8, 4) is 22.6 Å². The number of ether oxygens (including phenoxy) is 1. The lowest BCUT2D eigenvalue weighted by Gasteiger charge is -2.09. The highest BCUT2D eigenvalue weighted by atomic mass is 16.5. The molecule has 1 N–H and O–H groups in total. The number of carboxylic acids is 1. The first-order chi connectivity index (χ1) is 10.7. The van der Waals surface area contributed by atoms with Crippen LogP contribution in [0.3, 0.4) is 0 Å². The summed E-state index contributed by atoms with van der Waals surface area (Å²) in [6.07, 6.45) is 3.33. The van der Waals surface area contributed by atoms with Crippen molar-refractivity contribution in [2.24, 2.45) is 0 Å². The number of rotatable bonds is 5. The molecule has 5 nitrogen and oxygen atoms in total. The highest BCUT2D eigenvalue weighted by Crippen LogP contribution is 2.32. The first-order valence-corrected chi connectivity index (χ1v) is 6.79. The van der Waals surface area contributed by atoms with E-state index in [-0.39, 0.29) is 6.54 Å². The van der Waals surface area contributed by atoms with Gasteiger partial charge in [0, 0.05) is 17.3 Å². The van der Waals surface area contributed by atoms with Gasteiger partial charge >= 0.3 is 5.97 Å². The van der Waals surface area contributed by atoms with E-state index in [4.69, 9.17) is 9.84 Å². The number of aliphatic carboxylic acids is 1. The average molecular weight is 294 g/mol. The van der Waals surface area contributed by atoms with Crippen molar-refractivity contribution in [2.75, 3.05) is 0 Å². The summed E-state index contributed by atoms with van der Waals surface area (Å²) < 4.78 is 7.29. The Kier molecular flexibility index (Phi) is 3.87. The predicted molar refractivity (Wildman–Crippen MR) is 81.8 cm³/mol. The number of hydrogen-bond donors (Lipinski definition) is 1. The molecule has 0 amide bonds. The second-order valence-corrected chi connectivity index (χ2v) is 4.73. The van der Waals surface area contributed by atoms with Gasteiger partial charge in [0.2, 0.25) is 0 Å². The Balaban J connectivity index is 1.91. The quantitative estimate of drug-likeness (QED) is 0.783. The van der Waals surface area contributed by atoms with E-state index < -0.39 is 5.97 Å². The largest absolute Gasteiger partial charge is 0.480 e. The molecule has 0 aliphatic rings. The molecule has 0 saturated heterocycles. The Hall–Kier alpha value is -3.08. The van der Waals surface area contributed by atoms with Crippen molar-refractivity contribution >= 4 is 5.97 Å². The topological polar surface area (TPSA) is 64.3 Å². The molecule has 0 aliphatic carbocycles. The summed E-state index contributed by atoms with van der Waals surface area (Å²) in [7, 11) is 0. The number of carboxylic acid groups (broad SMARTS) is 1. The summed E-state index contributed by atoms with van der Waals surface area (Å²) in [5.41, 5.74) is 1.68. The van der Waals surface area contributed by atoms with Gasteiger partial charge in [0.1, 0.15) is 18.0 Å². The van der Waals surface area contributed by atoms with Crippen LogP contribution in [0.4, 0.5) is 0 Å². The minimum absolute atomic E-state index is 0.165. The van der Waals surface area contributed by atoms with Crippen LogP contribution >= 0.6 is 0 Å². The minimum atomic E-state index is -0.927. The van der Waals surface area contributed by atoms with Crippen molar-refractivity contribution in [1.29, 1.82) is 0 Å². The lowest BCUT2D eigenvalue weighted by Crippen LogP contribution is -2.08. The highest BCUT2D eigenvalue weighted by molar-refractivity contribution is 5.70. The van der Waals surface area contributed by atoms with E-state index >= 15 is 0 Å². The second kappa shape index (κ2) is 6.13. The number of nitrogens with zero attached hydrogens (tertiary/aromatic N) is 2. The standard InChI is InChI=1S/C17H14N2O3/c20-17(21)12-19-11-13(10-18-19)15-8-4-5-9-16(15)22-14-6-2-1-3-7-14/h1-11H,12H2,(H,20,21). The molecular weight excluding hydrogens is 280 g/mol. The summed E-state index contributed by atoms with van der Waals surface area (Å²) in [6, 6.07) is 17.1. The summed E-state index contributed by atoms with van der Waals surface area (Å²) in [6.45, 7) is -0.165. The first-order valence-electron chi connectivity index (χ1n) is 6.79. The smallest absolute Gasteiger partial charge is 0.325 e. The number of aromatic nitrogens is 2. The molecule has 0 bridgehead atoms. The number of carbonyl (C=O) groups is 1. The molecule has 3 aromatic rings. The molecule has 0 unspecified atom stereocenters. The monoisotopic (exact) mass is 294 g/mol. The molecule has 110 valence electrons. The van der Waals surface area contributed by atoms with E-state index in [1.165, 1.54) is 4.68 Å². The van der Waals surface area contributed by atoms with Gasteiger partial charge in [0.05, 0.1) is 6.20 Å². The van der Waals surface area contributed by atoms with Crippen molar-refractivity contribution < 1.29 is 14.6 Å². The Morgan fingerprint density at radius 3 is 2.59 bits per heavy atom. The van der Waals surface area contributed by atoms with E-state index in [1.54, 1.807) is 12.4 Å². The SMILES string of the molecule is O=C(O)Cn1cc(-c2ccccc2Oc2ccccc2)cn1. The van der Waals surface area contributed by atoms with Gasteiger partial charge in [-0.1, -0.05) is 36.4 Å². The Labute approximate surface area is 127 Å². The maximum Gasteiger partial charge on any atom is 0.325 e. The summed E-state index contributed by atoms with van der Waals surface area (Å²) in [5, 5.41) is 12.9. The van der Waals surface area contributed by atoms with Crippen LogP contribution in [0, 0.1) is 0 Å². The number of hydrogen-bond acceptors (Lipinski definition) is 3. The summed E-state index contributed by atoms with van der Waals surface area (Å²) in [4.78, 5) is 10.7. The predicted octanol–water partition coefficient (Wildman–Crippen LogP) is 3.43. The zero-order valence-electron chi connectivity index (χ0n) is 11.7. The number of benzene rings is 2. The molecule has 0 aliphatic heterocycles. The van der Waals surface area contributed by atoms with Gasteiger partial charge in [-0.2, -0.15) is 5.10 Å². The van der Waals surface area contributed by atoms with Crippen LogP contribution in [-0.2, 0) is 11.3 Å². The van der Waals surface area contributed by atoms with Crippen LogP contribution in [0.25, 0.3) is 11.1 Å². The second-order valence-electron chi connectivity index (χ2n) is 4.73. The van der Waals surface area contributed by atoms with Gasteiger partial charge in [-0.15, -0.1) is 0 Å². The van der Waals surface area contributed by atoms with Crippen molar-refractivity contribution in [1.82, 2.24) is 9.78 Å². The molecule has 5 heteroatoms. The third kappa shape index (κ3) is 3.15. The molecule has 0 atom stereocenters.